The van der Waals surface area contributed by atoms with Gasteiger partial charge in [0, 0.05) is 31.2 Å². The zero-order valence-electron chi connectivity index (χ0n) is 35.3. The van der Waals surface area contributed by atoms with E-state index in [0.29, 0.717) is 11.1 Å². The number of rotatable bonds is 21. The lowest BCUT2D eigenvalue weighted by Crippen LogP contribution is -2.63. The lowest BCUT2D eigenvalue weighted by atomic mass is 9.84. The van der Waals surface area contributed by atoms with Crippen molar-refractivity contribution in [3.63, 3.8) is 0 Å². The predicted molar refractivity (Wildman–Crippen MR) is 223 cm³/mol. The van der Waals surface area contributed by atoms with Gasteiger partial charge in [-0.2, -0.15) is 0 Å². The first-order valence-electron chi connectivity index (χ1n) is 20.9. The Labute approximate surface area is 379 Å². The molecule has 28 nitrogen and oxygen atoms in total. The minimum Gasteiger partial charge on any atom is -0.396 e. The Morgan fingerprint density at radius 3 is 1.69 bits per heavy atom. The van der Waals surface area contributed by atoms with Gasteiger partial charge in [-0.15, -0.1) is 0 Å². The van der Waals surface area contributed by atoms with Crippen LogP contribution in [0.3, 0.4) is 0 Å². The second kappa shape index (κ2) is 25.0. The van der Waals surface area contributed by atoms with Gasteiger partial charge < -0.3 is 63.4 Å². The summed E-state index contributed by atoms with van der Waals surface area (Å²) >= 11 is 0. The van der Waals surface area contributed by atoms with Gasteiger partial charge in [-0.05, 0) is 51.6 Å². The fourth-order valence-electron chi connectivity index (χ4n) is 8.28. The smallest absolute Gasteiger partial charge is 0.187 e. The molecule has 3 aliphatic heterocycles. The van der Waals surface area contributed by atoms with E-state index in [-0.39, 0.29) is 26.1 Å². The molecule has 0 radical (unpaired) electrons. The lowest BCUT2D eigenvalue weighted by molar-refractivity contribution is -0.334. The molecule has 3 saturated heterocycles. The van der Waals surface area contributed by atoms with Gasteiger partial charge in [-0.25, -0.2) is 4.39 Å². The molecule has 4 fully saturated rings. The minimum atomic E-state index is -2.05. The molecule has 67 heavy (non-hydrogen) atoms. The Balaban J connectivity index is 1.32. The Bertz CT molecular complexity index is 2150. The molecule has 3 heterocycles. The third-order valence-corrected chi connectivity index (χ3v) is 11.5. The van der Waals surface area contributed by atoms with Crippen LogP contribution in [0.1, 0.15) is 24.0 Å². The first-order valence-corrected chi connectivity index (χ1v) is 20.9. The molecule has 0 bridgehead atoms. The van der Waals surface area contributed by atoms with Crippen molar-refractivity contribution < 1.29 is 67.8 Å². The zero-order chi connectivity index (χ0) is 47.9. The number of nitrogens with zero attached hydrogens (tertiary/aromatic N) is 15. The van der Waals surface area contributed by atoms with Gasteiger partial charge in [0.1, 0.15) is 42.7 Å². The van der Waals surface area contributed by atoms with E-state index in [4.69, 9.17) is 43.4 Å². The monoisotopic (exact) mass is 941 g/mol. The molecule has 0 spiro atoms. The fourth-order valence-corrected chi connectivity index (χ4v) is 8.28. The SMILES string of the molecule is [N-]=[N+]=NC[C@@H]1O[C@H](O[C@H]2[C@@H](O)[C@H](O[C@H]3[C@H](O[C@H]4O[C@H](CN=[N+]=[N-])[C@@H](OCc5ccccc5)[C@H](F)[C@H]4OCc4ccccc4)C(N=[N+]=[N-])CC(N=[N+]=[N-])[C@@H]3O)O[C@@H]2CCO)C(N=[N+]=[N-])[C@@H](O)[C@@H]1O. The number of hydrogen-bond donors (Lipinski definition) is 5. The van der Waals surface area contributed by atoms with Crippen LogP contribution in [-0.4, -0.2) is 162 Å². The number of aliphatic hydroxyl groups excluding tert-OH is 5. The Hall–Kier alpha value is -5.60. The molecule has 2 aromatic carbocycles. The number of azide groups is 5. The number of benzene rings is 2. The molecule has 6 rings (SSSR count). The molecule has 3 unspecified atom stereocenters. The topological polar surface area (TPSA) is 419 Å². The molecular weight excluding hydrogens is 894 g/mol. The van der Waals surface area contributed by atoms with Gasteiger partial charge in [0.2, 0.25) is 0 Å². The summed E-state index contributed by atoms with van der Waals surface area (Å²) in [5, 5.41) is 73.0. The number of halogens is 1. The molecule has 5 N–H and O–H groups in total. The van der Waals surface area contributed by atoms with Gasteiger partial charge in [0.15, 0.2) is 25.0 Å². The van der Waals surface area contributed by atoms with Crippen LogP contribution in [-0.2, 0) is 51.1 Å². The fraction of sp³-hybridized carbons (Fsp3) is 0.684. The van der Waals surface area contributed by atoms with E-state index in [9.17, 15) is 47.7 Å². The number of alkyl halides is 1. The number of hydrogen-bond acceptors (Lipinski definition) is 18. The van der Waals surface area contributed by atoms with Gasteiger partial charge in [-0.3, -0.25) is 0 Å². The van der Waals surface area contributed by atoms with E-state index in [1.165, 1.54) is 0 Å². The Kier molecular flexibility index (Phi) is 18.9. The second-order valence-electron chi connectivity index (χ2n) is 15.7. The van der Waals surface area contributed by atoms with E-state index < -0.39 is 136 Å². The van der Waals surface area contributed by atoms with Crippen LogP contribution < -0.4 is 0 Å². The van der Waals surface area contributed by atoms with Crippen LogP contribution in [0.5, 0.6) is 0 Å². The van der Waals surface area contributed by atoms with Gasteiger partial charge in [0.05, 0.1) is 75.0 Å². The van der Waals surface area contributed by atoms with Crippen LogP contribution in [0.25, 0.3) is 52.2 Å². The average Bonchev–Trinajstić information content (AvgIpc) is 3.62. The molecule has 19 atom stereocenters. The zero-order valence-corrected chi connectivity index (χ0v) is 35.3. The molecule has 4 aliphatic rings. The highest BCUT2D eigenvalue weighted by atomic mass is 19.1. The van der Waals surface area contributed by atoms with E-state index >= 15 is 4.39 Å². The molecule has 2 aromatic rings. The third-order valence-electron chi connectivity index (χ3n) is 11.5. The maximum Gasteiger partial charge on any atom is 0.187 e. The van der Waals surface area contributed by atoms with Crippen LogP contribution in [0, 0.1) is 0 Å². The lowest BCUT2D eigenvalue weighted by Gasteiger charge is -2.47. The van der Waals surface area contributed by atoms with Crippen molar-refractivity contribution in [1.82, 2.24) is 0 Å². The number of aliphatic hydroxyl groups is 5. The van der Waals surface area contributed by atoms with Crippen LogP contribution in [0.15, 0.2) is 86.2 Å². The second-order valence-corrected chi connectivity index (χ2v) is 15.7. The quantitative estimate of drug-likeness (QED) is 0.0678. The highest BCUT2D eigenvalue weighted by Gasteiger charge is 2.56. The predicted octanol–water partition coefficient (Wildman–Crippen LogP) is 3.71. The summed E-state index contributed by atoms with van der Waals surface area (Å²) in [6.45, 7) is -1.74. The average molecular weight is 942 g/mol. The highest BCUT2D eigenvalue weighted by molar-refractivity contribution is 5.15. The minimum absolute atomic E-state index is 0.0763. The summed E-state index contributed by atoms with van der Waals surface area (Å²) in [5.41, 5.74) is 47.9. The molecule has 1 saturated carbocycles. The summed E-state index contributed by atoms with van der Waals surface area (Å²) in [4.78, 5) is 13.8. The first-order chi connectivity index (χ1) is 32.6. The van der Waals surface area contributed by atoms with Crippen molar-refractivity contribution in [2.24, 2.45) is 25.6 Å². The van der Waals surface area contributed by atoms with Crippen molar-refractivity contribution in [3.8, 4) is 0 Å². The maximum absolute atomic E-state index is 17.2. The maximum atomic E-state index is 17.2. The van der Waals surface area contributed by atoms with Crippen molar-refractivity contribution in [1.29, 1.82) is 0 Å². The van der Waals surface area contributed by atoms with Gasteiger partial charge >= 0.3 is 0 Å². The van der Waals surface area contributed by atoms with E-state index in [0.717, 1.165) is 0 Å². The Morgan fingerprint density at radius 2 is 1.09 bits per heavy atom. The summed E-state index contributed by atoms with van der Waals surface area (Å²) in [5.74, 6) is 0. The standard InChI is InChI=1S/C38H48FN15O13/c39-25-32(60-16-18-7-3-1-4-8-18)24(15-46-51-41)64-38(34(25)61-17-19-9-5-2-6-10-19)65-31-21(48-53-43)13-20(47-52-42)27(56)35(31)67-37-30(59)33(22(62-37)11-12-55)66-36-26(49-54-44)29(58)28(57)23(63-36)14-45-50-40/h1-10,20-38,55-59H,11-17H2/t20?,21?,22-,23+,24-,25+,26?,27+,28-,29-,30-,31-,32-,33-,34-,35-,36-,37+,38-/m1/s1. The van der Waals surface area contributed by atoms with Gasteiger partial charge in [0.25, 0.3) is 0 Å². The molecule has 0 amide bonds. The summed E-state index contributed by atoms with van der Waals surface area (Å²) in [6.07, 6.45) is -27.1. The van der Waals surface area contributed by atoms with E-state index in [2.05, 4.69) is 50.1 Å². The summed E-state index contributed by atoms with van der Waals surface area (Å²) in [6, 6.07) is 13.2. The van der Waals surface area contributed by atoms with Gasteiger partial charge in [-0.1, -0.05) is 86.2 Å². The van der Waals surface area contributed by atoms with Crippen LogP contribution in [0.2, 0.25) is 0 Å². The summed E-state index contributed by atoms with van der Waals surface area (Å²) in [7, 11) is 0. The number of ether oxygens (including phenoxy) is 8. The van der Waals surface area contributed by atoms with Crippen molar-refractivity contribution in [2.75, 3.05) is 19.7 Å². The van der Waals surface area contributed by atoms with Crippen molar-refractivity contribution >= 4 is 0 Å². The van der Waals surface area contributed by atoms with Crippen molar-refractivity contribution in [3.05, 3.63) is 124 Å². The third kappa shape index (κ3) is 12.5. The van der Waals surface area contributed by atoms with E-state index in [1.807, 2.05) is 0 Å². The summed E-state index contributed by atoms with van der Waals surface area (Å²) < 4.78 is 66.1. The molecule has 360 valence electrons. The molecule has 0 aromatic heterocycles. The molecule has 29 heteroatoms. The normalized spacial score (nSPS) is 37.1. The van der Waals surface area contributed by atoms with Crippen LogP contribution >= 0.6 is 0 Å². The largest absolute Gasteiger partial charge is 0.396 e. The molecule has 1 aliphatic carbocycles. The van der Waals surface area contributed by atoms with Crippen molar-refractivity contribution in [2.45, 2.75) is 142 Å². The van der Waals surface area contributed by atoms with Crippen LogP contribution in [0.4, 0.5) is 4.39 Å². The first kappa shape index (κ1) is 50.8. The van der Waals surface area contributed by atoms with E-state index in [1.54, 1.807) is 60.7 Å². The molecular formula is C38H48FN15O13. The highest BCUT2D eigenvalue weighted by Crippen LogP contribution is 2.39. The Morgan fingerprint density at radius 1 is 0.552 bits per heavy atom.